The van der Waals surface area contributed by atoms with Crippen molar-refractivity contribution < 1.29 is 9.66 Å². The van der Waals surface area contributed by atoms with Gasteiger partial charge in [0.15, 0.2) is 5.75 Å². The first-order chi connectivity index (χ1) is 8.04. The van der Waals surface area contributed by atoms with Crippen molar-refractivity contribution in [3.63, 3.8) is 0 Å². The minimum Gasteiger partial charge on any atom is -0.487 e. The van der Waals surface area contributed by atoms with Crippen LogP contribution in [0.5, 0.6) is 5.75 Å². The molecule has 0 fully saturated rings. The Balaban J connectivity index is 2.72. The van der Waals surface area contributed by atoms with E-state index < -0.39 is 11.0 Å². The fourth-order valence-electron chi connectivity index (χ4n) is 1.25. The molecule has 1 rings (SSSR count). The number of hydrogen-bond acceptors (Lipinski definition) is 5. The molecule has 0 radical (unpaired) electrons. The van der Waals surface area contributed by atoms with Crippen LogP contribution < -0.4 is 10.5 Å². The molecule has 1 aromatic rings. The Bertz CT molecular complexity index is 454. The van der Waals surface area contributed by atoms with Crippen LogP contribution in [0.3, 0.4) is 0 Å². The Morgan fingerprint density at radius 1 is 1.65 bits per heavy atom. The first-order valence-electron chi connectivity index (χ1n) is 5.07. The van der Waals surface area contributed by atoms with Gasteiger partial charge in [-0.2, -0.15) is 5.26 Å². The van der Waals surface area contributed by atoms with Crippen molar-refractivity contribution in [1.29, 1.82) is 5.26 Å². The van der Waals surface area contributed by atoms with Crippen LogP contribution in [0, 0.1) is 28.4 Å². The summed E-state index contributed by atoms with van der Waals surface area (Å²) in [6.45, 7) is 2.00. The molecule has 0 aliphatic carbocycles. The fraction of sp³-hybridized carbons (Fsp3) is 0.364. The number of nitro groups is 1. The largest absolute Gasteiger partial charge is 0.487 e. The van der Waals surface area contributed by atoms with Crippen molar-refractivity contribution in [2.75, 3.05) is 6.61 Å². The van der Waals surface area contributed by atoms with Crippen molar-refractivity contribution in [1.82, 2.24) is 0 Å². The molecule has 0 aliphatic heterocycles. The van der Waals surface area contributed by atoms with Crippen LogP contribution in [0.25, 0.3) is 0 Å². The lowest BCUT2D eigenvalue weighted by Gasteiger charge is -2.08. The summed E-state index contributed by atoms with van der Waals surface area (Å²) in [5.41, 5.74) is 6.18. The van der Waals surface area contributed by atoms with Gasteiger partial charge in [0.05, 0.1) is 23.6 Å². The molecule has 0 aromatic heterocycles. The highest BCUT2D eigenvalue weighted by molar-refractivity contribution is 5.48. The van der Waals surface area contributed by atoms with Gasteiger partial charge in [0.1, 0.15) is 0 Å². The highest BCUT2D eigenvalue weighted by atomic mass is 16.6. The molecule has 1 unspecified atom stereocenters. The molecule has 6 heteroatoms. The summed E-state index contributed by atoms with van der Waals surface area (Å²) >= 11 is 0. The van der Waals surface area contributed by atoms with E-state index in [0.29, 0.717) is 6.42 Å². The Morgan fingerprint density at radius 2 is 2.35 bits per heavy atom. The second-order valence-corrected chi connectivity index (χ2v) is 3.60. The molecule has 0 aliphatic rings. The Labute approximate surface area is 98.8 Å². The van der Waals surface area contributed by atoms with Gasteiger partial charge in [0, 0.05) is 12.5 Å². The van der Waals surface area contributed by atoms with E-state index >= 15 is 0 Å². The van der Waals surface area contributed by atoms with Gasteiger partial charge in [-0.3, -0.25) is 10.1 Å². The van der Waals surface area contributed by atoms with Crippen molar-refractivity contribution in [3.05, 3.63) is 33.9 Å². The van der Waals surface area contributed by atoms with Gasteiger partial charge in [0.2, 0.25) is 0 Å². The van der Waals surface area contributed by atoms with E-state index in [4.69, 9.17) is 15.7 Å². The third-order valence-corrected chi connectivity index (χ3v) is 2.16. The van der Waals surface area contributed by atoms with Crippen LogP contribution in [-0.4, -0.2) is 17.6 Å². The van der Waals surface area contributed by atoms with E-state index in [2.05, 4.69) is 0 Å². The number of nitrogens with zero attached hydrogens (tertiary/aromatic N) is 2. The zero-order valence-electron chi connectivity index (χ0n) is 9.42. The Morgan fingerprint density at radius 3 is 2.94 bits per heavy atom. The van der Waals surface area contributed by atoms with E-state index in [1.54, 1.807) is 12.1 Å². The maximum absolute atomic E-state index is 10.7. The summed E-state index contributed by atoms with van der Waals surface area (Å²) in [6, 6.07) is 5.89. The first-order valence-corrected chi connectivity index (χ1v) is 5.07. The highest BCUT2D eigenvalue weighted by Gasteiger charge is 2.14. The summed E-state index contributed by atoms with van der Waals surface area (Å²) in [5, 5.41) is 19.2. The molecule has 1 atom stereocenters. The predicted molar refractivity (Wildman–Crippen MR) is 61.5 cm³/mol. The minimum absolute atomic E-state index is 0.0823. The van der Waals surface area contributed by atoms with Gasteiger partial charge in [0.25, 0.3) is 0 Å². The van der Waals surface area contributed by atoms with Crippen molar-refractivity contribution in [2.45, 2.75) is 19.4 Å². The van der Waals surface area contributed by atoms with Crippen LogP contribution >= 0.6 is 0 Å². The lowest BCUT2D eigenvalue weighted by atomic mass is 10.2. The number of nitro benzene ring substituents is 1. The monoisotopic (exact) mass is 235 g/mol. The molecule has 90 valence electrons. The molecule has 1 aromatic carbocycles. The van der Waals surface area contributed by atoms with Gasteiger partial charge in [-0.05, 0) is 18.6 Å². The smallest absolute Gasteiger partial charge is 0.310 e. The lowest BCUT2D eigenvalue weighted by molar-refractivity contribution is -0.385. The van der Waals surface area contributed by atoms with Gasteiger partial charge in [-0.15, -0.1) is 0 Å². The summed E-state index contributed by atoms with van der Waals surface area (Å²) in [5.74, 6) is 0.208. The van der Waals surface area contributed by atoms with E-state index in [9.17, 15) is 10.1 Å². The van der Waals surface area contributed by atoms with Crippen LogP contribution in [0.4, 0.5) is 5.69 Å². The minimum atomic E-state index is -0.612. The molecule has 0 amide bonds. The molecule has 17 heavy (non-hydrogen) atoms. The number of nitrogens with two attached hydrogens (primary N) is 1. The summed E-state index contributed by atoms with van der Waals surface area (Å²) < 4.78 is 5.28. The summed E-state index contributed by atoms with van der Waals surface area (Å²) in [6.07, 6.45) is 0.335. The van der Waals surface area contributed by atoms with E-state index in [0.717, 1.165) is 5.56 Å². The molecule has 0 heterocycles. The quantitative estimate of drug-likeness (QED) is 0.615. The van der Waals surface area contributed by atoms with Crippen molar-refractivity contribution in [2.24, 2.45) is 5.73 Å². The Hall–Kier alpha value is -2.13. The maximum atomic E-state index is 10.7. The average Bonchev–Trinajstić information content (AvgIpc) is 2.28. The van der Waals surface area contributed by atoms with E-state index in [1.807, 2.05) is 13.0 Å². The predicted octanol–water partition coefficient (Wildman–Crippen LogP) is 1.52. The molecular weight excluding hydrogens is 222 g/mol. The number of nitriles is 1. The molecule has 0 saturated heterocycles. The maximum Gasteiger partial charge on any atom is 0.310 e. The lowest BCUT2D eigenvalue weighted by Crippen LogP contribution is -2.20. The first kappa shape index (κ1) is 12.9. The van der Waals surface area contributed by atoms with E-state index in [1.165, 1.54) is 6.07 Å². The zero-order valence-corrected chi connectivity index (χ0v) is 9.42. The highest BCUT2D eigenvalue weighted by Crippen LogP contribution is 2.27. The SMILES string of the molecule is Cc1ccc([N+](=O)[O-])c(OCCC(N)C#N)c1. The number of hydrogen-bond donors (Lipinski definition) is 1. The molecular formula is C11H13N3O3. The second kappa shape index (κ2) is 5.82. The zero-order chi connectivity index (χ0) is 12.8. The summed E-state index contributed by atoms with van der Waals surface area (Å²) in [7, 11) is 0. The molecule has 0 bridgehead atoms. The van der Waals surface area contributed by atoms with Crippen molar-refractivity contribution in [3.8, 4) is 11.8 Å². The number of aryl methyl sites for hydroxylation is 1. The fourth-order valence-corrected chi connectivity index (χ4v) is 1.25. The van der Waals surface area contributed by atoms with Gasteiger partial charge < -0.3 is 10.5 Å². The normalized spacial score (nSPS) is 11.6. The van der Waals surface area contributed by atoms with Crippen LogP contribution in [0.1, 0.15) is 12.0 Å². The van der Waals surface area contributed by atoms with Crippen LogP contribution in [0.15, 0.2) is 18.2 Å². The van der Waals surface area contributed by atoms with Crippen LogP contribution in [0.2, 0.25) is 0 Å². The molecule has 6 nitrogen and oxygen atoms in total. The summed E-state index contributed by atoms with van der Waals surface area (Å²) in [4.78, 5) is 10.2. The third kappa shape index (κ3) is 3.74. The topological polar surface area (TPSA) is 102 Å². The van der Waals surface area contributed by atoms with Gasteiger partial charge >= 0.3 is 5.69 Å². The van der Waals surface area contributed by atoms with Gasteiger partial charge in [-0.25, -0.2) is 0 Å². The Kier molecular flexibility index (Phi) is 4.43. The average molecular weight is 235 g/mol. The van der Waals surface area contributed by atoms with E-state index in [-0.39, 0.29) is 18.0 Å². The van der Waals surface area contributed by atoms with Gasteiger partial charge in [-0.1, -0.05) is 6.07 Å². The second-order valence-electron chi connectivity index (χ2n) is 3.60. The molecule has 2 N–H and O–H groups in total. The number of benzene rings is 1. The molecule has 0 spiro atoms. The number of ether oxygens (including phenoxy) is 1. The van der Waals surface area contributed by atoms with Crippen LogP contribution in [-0.2, 0) is 0 Å². The standard InChI is InChI=1S/C11H13N3O3/c1-8-2-3-10(14(15)16)11(6-8)17-5-4-9(13)7-12/h2-3,6,9H,4-5,13H2,1H3. The van der Waals surface area contributed by atoms with Crippen molar-refractivity contribution >= 4 is 5.69 Å². The number of rotatable bonds is 5. The molecule has 0 saturated carbocycles. The third-order valence-electron chi connectivity index (χ3n) is 2.16.